The average Bonchev–Trinajstić information content (AvgIpc) is 1.38. The molecule has 0 saturated carbocycles. The van der Waals surface area contributed by atoms with E-state index in [9.17, 15) is 0 Å². The third-order valence-corrected chi connectivity index (χ3v) is 834. The third-order valence-electron chi connectivity index (χ3n) is 27.2. The lowest BCUT2D eigenvalue weighted by Crippen LogP contribution is -2.80. The van der Waals surface area contributed by atoms with Crippen molar-refractivity contribution in [3.05, 3.63) is 0 Å². The van der Waals surface area contributed by atoms with Gasteiger partial charge in [-0.15, -0.1) is 299 Å². The first kappa shape index (κ1) is 194. The Hall–Kier alpha value is 25.7. The fraction of sp³-hybridized carbons (Fsp3) is 1.00. The van der Waals surface area contributed by atoms with E-state index in [0.717, 1.165) is 18.1 Å². The van der Waals surface area contributed by atoms with Crippen LogP contribution in [0.5, 0.6) is 0 Å². The Kier molecular flexibility index (Phi) is 127. The van der Waals surface area contributed by atoms with Crippen molar-refractivity contribution in [1.29, 1.82) is 0 Å². The van der Waals surface area contributed by atoms with Crippen LogP contribution >= 0.6 is 573 Å². The van der Waals surface area contributed by atoms with Gasteiger partial charge in [-0.25, -0.2) is 0 Å². The predicted molar refractivity (Wildman–Crippen MR) is 864 cm³/mol. The minimum absolute atomic E-state index is 0. The van der Waals surface area contributed by atoms with Crippen molar-refractivity contribution in [2.75, 3.05) is 0 Å². The summed E-state index contributed by atoms with van der Waals surface area (Å²) < 4.78 is 0. The lowest BCUT2D eigenvalue weighted by molar-refractivity contribution is 1.05. The van der Waals surface area contributed by atoms with Gasteiger partial charge in [0.05, 0.1) is 9.04 Å². The summed E-state index contributed by atoms with van der Waals surface area (Å²) in [5.41, 5.74) is -19.4. The molecule has 7 aliphatic rings. The Morgan fingerprint density at radius 1 is 0.396 bits per heavy atom. The van der Waals surface area contributed by atoms with E-state index in [1.165, 1.54) is 54.6 Å². The van der Waals surface area contributed by atoms with Gasteiger partial charge in [0, 0.05) is 389 Å². The fourth-order valence-corrected chi connectivity index (χ4v) is 1120. The summed E-state index contributed by atoms with van der Waals surface area (Å²) in [6.07, 6.45) is -21.0. The van der Waals surface area contributed by atoms with Crippen LogP contribution < -0.4 is 0 Å². The van der Waals surface area contributed by atoms with E-state index in [0.29, 0.717) is 98.9 Å². The van der Waals surface area contributed by atoms with Crippen LogP contribution in [0.1, 0.15) is 58.4 Å². The maximum absolute atomic E-state index is 7.03. The monoisotopic (exact) mass is 3800 g/mol. The Morgan fingerprint density at radius 3 is 1.12 bits per heavy atom. The molecule has 0 aromatic heterocycles. The van der Waals surface area contributed by atoms with Crippen LogP contribution in [-0.4, -0.2) is 377 Å². The molecule has 16 unspecified atom stereocenters. The van der Waals surface area contributed by atoms with Crippen molar-refractivity contribution in [2.45, 2.75) is 240 Å². The summed E-state index contributed by atoms with van der Waals surface area (Å²) in [6.45, 7) is 27.2. The molecule has 139 heavy (non-hydrogen) atoms. The largest absolute Gasteiger partial charge is 0.358 e. The number of hydrogen-bond acceptors (Lipinski definition) is 0. The molecular formula is C38H150Cl52Si49. The second-order valence-corrected chi connectivity index (χ2v) is 489. The summed E-state index contributed by atoms with van der Waals surface area (Å²) in [4.78, 5) is 0. The zero-order valence-corrected chi connectivity index (χ0v) is 176. The Bertz CT molecular complexity index is 3010. The van der Waals surface area contributed by atoms with Gasteiger partial charge in [-0.3, -0.25) is 0 Å². The van der Waals surface area contributed by atoms with Gasteiger partial charge in [0.15, 0.2) is 5.94 Å². The standard InChI is InChI=1S/C8H28Si6.C6H30Si9.C5H10Cl14Si7.C5H26Si8.C3H8Cl10Si6.C2H10Cl8Si7.C2H10Cl6Si6.7CH4.7Cl2/c1-10-12(2)7-13(3)14(4)6-8(9)5-11-14;1-9-15(4)13(2)11-6(8)5(7)10-12-14(15)3;6-20(7,4-23(12,13)25(16,17)18)5-24(14,15)26(19)21(8,9)2-1-3-22(26,10)11;1-11-9-5(7)4(6)8-10-12(2)13(11)3;4-15(5)2-1-14-19(15,13)17(8,9)3-16(6,7)18(10,11)12;3-14(4,5)17(10)15(6,7)12-2-1-11-13-16(17,8)9;3-12(4)10-2-1-9-11-13(5,6)14(12,7)8;;;;;;;;7*1-2/h8,12-13H,5-7,10-11H2,1-4,9H3;5-6,13-14H,9-12H2,1-4,7-8H3;1-5H2;4-5,11-13H,8-10H2,1-3,6-7H3;1-3,14H2;1-2,11-13H2;1-2,9-11H2;7*1H4;;;;;;;. The van der Waals surface area contributed by atoms with E-state index in [1.807, 2.05) is 11.7 Å². The first-order valence-corrected chi connectivity index (χ1v) is 232. The minimum atomic E-state index is -3.46. The first-order chi connectivity index (χ1) is 59.4. The van der Waals surface area contributed by atoms with E-state index in [-0.39, 0.29) is 149 Å². The van der Waals surface area contributed by atoms with Gasteiger partial charge >= 0.3 is 16.6 Å². The summed E-state index contributed by atoms with van der Waals surface area (Å²) >= 11 is 245. The lowest BCUT2D eigenvalue weighted by atomic mass is 10.5. The molecule has 0 nitrogen and oxygen atoms in total. The summed E-state index contributed by atoms with van der Waals surface area (Å²) in [5.74, 6) is -8.90. The quantitative estimate of drug-likeness (QED) is 0.107. The van der Waals surface area contributed by atoms with Crippen molar-refractivity contribution in [3.8, 4) is 0 Å². The molecule has 0 N–H and O–H groups in total. The van der Waals surface area contributed by atoms with Crippen LogP contribution in [-0.2, 0) is 0 Å². The minimum Gasteiger partial charge on any atom is -0.172 e. The van der Waals surface area contributed by atoms with Gasteiger partial charge in [0.1, 0.15) is 0 Å². The van der Waals surface area contributed by atoms with Crippen molar-refractivity contribution in [2.24, 2.45) is 0 Å². The maximum atomic E-state index is 7.03. The number of hydrogen-bond donors (Lipinski definition) is 0. The zero-order valence-electron chi connectivity index (χ0n) is 75.0. The second-order valence-electron chi connectivity index (χ2n) is 36.3. The molecule has 0 aliphatic carbocycles. The summed E-state index contributed by atoms with van der Waals surface area (Å²) in [7, 11) is 67.1. The summed E-state index contributed by atoms with van der Waals surface area (Å²) in [6, 6.07) is 11.4. The fourth-order valence-electron chi connectivity index (χ4n) is 17.0. The average molecular weight is 3830 g/mol. The third kappa shape index (κ3) is 63.5. The van der Waals surface area contributed by atoms with E-state index in [2.05, 4.69) is 224 Å². The molecule has 16 atom stereocenters. The summed E-state index contributed by atoms with van der Waals surface area (Å²) in [5, 5.41) is 5.98. The highest BCUT2D eigenvalue weighted by molar-refractivity contribution is 8.36. The van der Waals surface area contributed by atoms with E-state index >= 15 is 0 Å². The molecule has 7 fully saturated rings. The zero-order chi connectivity index (χ0) is 107. The molecule has 0 bridgehead atoms. The van der Waals surface area contributed by atoms with E-state index < -0.39 is 165 Å². The maximum Gasteiger partial charge on any atom is 0.358 e. The van der Waals surface area contributed by atoms with Crippen molar-refractivity contribution >= 4 is 950 Å². The van der Waals surface area contributed by atoms with Crippen LogP contribution in [0.15, 0.2) is 0 Å². The van der Waals surface area contributed by atoms with Crippen molar-refractivity contribution in [1.82, 2.24) is 0 Å². The molecule has 7 rings (SSSR count). The first-order valence-electron chi connectivity index (χ1n) is 41.5. The number of rotatable bonds is 16. The van der Waals surface area contributed by atoms with Crippen LogP contribution in [0.3, 0.4) is 0 Å². The van der Waals surface area contributed by atoms with Gasteiger partial charge in [0.2, 0.25) is 23.3 Å². The Labute approximate surface area is 1170 Å². The Balaban J connectivity index is -0.000000107. The van der Waals surface area contributed by atoms with Gasteiger partial charge < -0.3 is 0 Å². The second kappa shape index (κ2) is 90.6. The van der Waals surface area contributed by atoms with Gasteiger partial charge in [-0.05, 0) is 52.2 Å². The molecule has 0 aromatic rings. The van der Waals surface area contributed by atoms with Crippen LogP contribution in [0.25, 0.3) is 0 Å². The smallest absolute Gasteiger partial charge is 0.172 e. The van der Waals surface area contributed by atoms with Gasteiger partial charge in [-0.1, -0.05) is 205 Å². The highest BCUT2D eigenvalue weighted by Gasteiger charge is 2.81. The molecule has 0 radical (unpaired) electrons. The molecule has 7 heterocycles. The molecule has 7 saturated heterocycles. The Morgan fingerprint density at radius 2 is 0.770 bits per heavy atom. The molecule has 7 aliphatic heterocycles. The predicted octanol–water partition coefficient (Wildman–Crippen LogP) is 22.1. The van der Waals surface area contributed by atoms with Gasteiger partial charge in [-0.2, -0.15) is 122 Å². The molecule has 0 amide bonds. The van der Waals surface area contributed by atoms with Crippen molar-refractivity contribution < 1.29 is 0 Å². The van der Waals surface area contributed by atoms with Crippen LogP contribution in [0, 0.1) is 0 Å². The number of halogens is 52. The van der Waals surface area contributed by atoms with E-state index in [1.54, 1.807) is 47.0 Å². The molecule has 0 spiro atoms. The lowest BCUT2D eigenvalue weighted by Gasteiger charge is -2.49. The molecule has 0 aromatic carbocycles. The SMILES string of the molecule is C.C.C.C.C.C.C.C[SiH2][SiH](C)C[SiH](C)[Si]1(C)CC([SiH3])C[SiH2]1.C[SiH2][Si]1(C)[SiH](C)[SiH2][SiH2]C([SiH3])C([SiH3])[SiH2][SiH]1C.C[SiH]1[SiH2][SiH2]C([SiH3])C([SiH3])[SiH2][SiH](C)[SiH]1C.ClCl.ClCl.ClCl.ClCl.ClCl.ClCl.ClCl.Cl[Si](Cl)(C[Si](Cl)(Cl)[Si](Cl)(Cl)Cl)C[Si](Cl)(Cl)[Si]1(Cl)[Si](Cl)(Cl)CCC[Si]1(Cl)Cl.Cl[Si](Cl)(Cl)[Si](Cl)(Cl)C[Si](Cl)(Cl)[Si]1(Cl)[SiH2]CC[Si]1(Cl)Cl.Cl[Si](Cl)(Cl)[Si]1(Cl)[Si](Cl)(Cl)[SiH2]CC[SiH2][SiH2][Si]1(Cl)Cl.Cl[Si]1(Cl)[SiH2]CC[SiH2][SiH2][Si](Cl)(Cl)[Si]1(Cl)Cl. The highest BCUT2D eigenvalue weighted by Crippen LogP contribution is 2.61. The molecular weight excluding hydrogens is 3680 g/mol. The molecule has 862 valence electrons. The van der Waals surface area contributed by atoms with Crippen molar-refractivity contribution in [3.63, 3.8) is 0 Å². The van der Waals surface area contributed by atoms with Gasteiger partial charge in [0.25, 0.3) is 67.4 Å². The van der Waals surface area contributed by atoms with Crippen LogP contribution in [0.4, 0.5) is 0 Å². The van der Waals surface area contributed by atoms with E-state index in [4.69, 9.17) is 421 Å². The van der Waals surface area contributed by atoms with Crippen LogP contribution in [0.2, 0.25) is 181 Å². The normalized spacial score (nSPS) is 32.1. The molecule has 101 heteroatoms. The highest BCUT2D eigenvalue weighted by atomic mass is 36.5. The topological polar surface area (TPSA) is 0 Å².